The van der Waals surface area contributed by atoms with Gasteiger partial charge in [-0.3, -0.25) is 0 Å². The molecule has 4 rings (SSSR count). The molecule has 2 saturated heterocycles. The zero-order valence-corrected chi connectivity index (χ0v) is 22.6. The van der Waals surface area contributed by atoms with Gasteiger partial charge in [-0.05, 0) is 30.5 Å². The van der Waals surface area contributed by atoms with Crippen LogP contribution in [0.3, 0.4) is 0 Å². The summed E-state index contributed by atoms with van der Waals surface area (Å²) in [6.45, 7) is 3.37. The zero-order chi connectivity index (χ0) is 23.1. The molecular formula is C30H42BrNO2. The van der Waals surface area contributed by atoms with Crippen molar-refractivity contribution in [2.75, 3.05) is 7.05 Å². The lowest BCUT2D eigenvalue weighted by Crippen LogP contribution is -3.00. The second-order valence-corrected chi connectivity index (χ2v) is 10.6. The molecule has 2 atom stereocenters. The van der Waals surface area contributed by atoms with Gasteiger partial charge in [-0.15, -0.1) is 0 Å². The van der Waals surface area contributed by atoms with E-state index >= 15 is 0 Å². The number of piperidine rings is 1. The maximum Gasteiger partial charge on any atom is 0.338 e. The molecule has 0 aliphatic carbocycles. The summed E-state index contributed by atoms with van der Waals surface area (Å²) < 4.78 is 7.04. The quantitative estimate of drug-likeness (QED) is 0.250. The molecule has 0 spiro atoms. The molecule has 2 aliphatic heterocycles. The van der Waals surface area contributed by atoms with E-state index in [1.54, 1.807) is 0 Å². The van der Waals surface area contributed by atoms with E-state index in [9.17, 15) is 4.79 Å². The summed E-state index contributed by atoms with van der Waals surface area (Å²) in [6, 6.07) is 20.0. The normalized spacial score (nSPS) is 25.5. The lowest BCUT2D eigenvalue weighted by atomic mass is 9.95. The highest BCUT2D eigenvalue weighted by atomic mass is 79.9. The molecule has 0 saturated carbocycles. The van der Waals surface area contributed by atoms with E-state index in [4.69, 9.17) is 4.74 Å². The van der Waals surface area contributed by atoms with Crippen molar-refractivity contribution in [3.05, 3.63) is 71.3 Å². The first-order valence-electron chi connectivity index (χ1n) is 13.3. The first-order chi connectivity index (χ1) is 16.1. The van der Waals surface area contributed by atoms with Crippen LogP contribution >= 0.6 is 0 Å². The molecule has 34 heavy (non-hydrogen) atoms. The Morgan fingerprint density at radius 2 is 1.44 bits per heavy atom. The Morgan fingerprint density at radius 3 is 2.09 bits per heavy atom. The SMILES string of the molecule is CCCCCCCCc1ccc(C[N+]2(C)C3CCC2CC(OC(=O)c2ccccc2)C3)cc1.[Br-]. The van der Waals surface area contributed by atoms with Crippen molar-refractivity contribution < 1.29 is 31.0 Å². The third kappa shape index (κ3) is 6.73. The third-order valence-corrected chi connectivity index (χ3v) is 8.22. The molecule has 0 amide bonds. The van der Waals surface area contributed by atoms with Crippen molar-refractivity contribution in [1.82, 2.24) is 0 Å². The minimum atomic E-state index is -0.169. The van der Waals surface area contributed by atoms with E-state index in [2.05, 4.69) is 38.2 Å². The van der Waals surface area contributed by atoms with Crippen LogP contribution in [0.25, 0.3) is 0 Å². The third-order valence-electron chi connectivity index (χ3n) is 8.22. The average molecular weight is 529 g/mol. The van der Waals surface area contributed by atoms with Crippen LogP contribution in [0.15, 0.2) is 54.6 Å². The smallest absolute Gasteiger partial charge is 0.338 e. The van der Waals surface area contributed by atoms with E-state index in [-0.39, 0.29) is 29.1 Å². The highest BCUT2D eigenvalue weighted by Crippen LogP contribution is 2.43. The second-order valence-electron chi connectivity index (χ2n) is 10.6. The summed E-state index contributed by atoms with van der Waals surface area (Å²) in [6.07, 6.45) is 13.9. The van der Waals surface area contributed by atoms with Gasteiger partial charge in [0.1, 0.15) is 12.6 Å². The fourth-order valence-corrected chi connectivity index (χ4v) is 6.16. The van der Waals surface area contributed by atoms with Crippen LogP contribution in [-0.4, -0.2) is 35.7 Å². The molecule has 186 valence electrons. The molecule has 3 nitrogen and oxygen atoms in total. The van der Waals surface area contributed by atoms with Gasteiger partial charge >= 0.3 is 5.97 Å². The Kier molecular flexibility index (Phi) is 10.2. The van der Waals surface area contributed by atoms with Crippen molar-refractivity contribution in [3.63, 3.8) is 0 Å². The number of unbranched alkanes of at least 4 members (excludes halogenated alkanes) is 5. The maximum absolute atomic E-state index is 12.5. The number of hydrogen-bond donors (Lipinski definition) is 0. The highest BCUT2D eigenvalue weighted by Gasteiger charge is 2.52. The van der Waals surface area contributed by atoms with Crippen LogP contribution in [0, 0.1) is 0 Å². The first-order valence-corrected chi connectivity index (χ1v) is 13.3. The number of nitrogens with zero attached hydrogens (tertiary/aromatic N) is 1. The van der Waals surface area contributed by atoms with Gasteiger partial charge in [-0.25, -0.2) is 4.79 Å². The molecular weight excluding hydrogens is 486 g/mol. The minimum absolute atomic E-state index is 0. The molecule has 2 heterocycles. The van der Waals surface area contributed by atoms with Crippen molar-refractivity contribution in [2.45, 2.75) is 102 Å². The van der Waals surface area contributed by atoms with E-state index in [1.807, 2.05) is 30.3 Å². The van der Waals surface area contributed by atoms with Gasteiger partial charge in [0, 0.05) is 31.2 Å². The van der Waals surface area contributed by atoms with Crippen molar-refractivity contribution in [1.29, 1.82) is 0 Å². The van der Waals surface area contributed by atoms with Crippen molar-refractivity contribution >= 4 is 5.97 Å². The van der Waals surface area contributed by atoms with E-state index < -0.39 is 0 Å². The largest absolute Gasteiger partial charge is 1.00 e. The maximum atomic E-state index is 12.5. The Balaban J connectivity index is 0.00000324. The number of ether oxygens (including phenoxy) is 1. The number of halogens is 1. The van der Waals surface area contributed by atoms with Crippen molar-refractivity contribution in [2.24, 2.45) is 0 Å². The fraction of sp³-hybridized carbons (Fsp3) is 0.567. The lowest BCUT2D eigenvalue weighted by Gasteiger charge is -2.47. The van der Waals surface area contributed by atoms with Crippen LogP contribution in [0.4, 0.5) is 0 Å². The number of benzene rings is 2. The minimum Gasteiger partial charge on any atom is -1.00 e. The van der Waals surface area contributed by atoms with E-state index in [0.717, 1.165) is 23.9 Å². The van der Waals surface area contributed by atoms with Gasteiger partial charge in [0.15, 0.2) is 0 Å². The number of rotatable bonds is 11. The van der Waals surface area contributed by atoms with E-state index in [0.29, 0.717) is 17.6 Å². The molecule has 2 bridgehead atoms. The monoisotopic (exact) mass is 527 g/mol. The predicted octanol–water partition coefficient (Wildman–Crippen LogP) is 4.09. The van der Waals surface area contributed by atoms with Crippen LogP contribution in [0.1, 0.15) is 92.6 Å². The molecule has 4 heteroatoms. The Bertz CT molecular complexity index is 868. The summed E-state index contributed by atoms with van der Waals surface area (Å²) in [5.74, 6) is -0.169. The number of quaternary nitrogens is 1. The van der Waals surface area contributed by atoms with Gasteiger partial charge in [0.05, 0.1) is 24.7 Å². The predicted molar refractivity (Wildman–Crippen MR) is 135 cm³/mol. The Labute approximate surface area is 217 Å². The van der Waals surface area contributed by atoms with Gasteiger partial charge in [0.25, 0.3) is 0 Å². The summed E-state index contributed by atoms with van der Waals surface area (Å²) in [7, 11) is 2.43. The molecule has 0 radical (unpaired) electrons. The second kappa shape index (κ2) is 12.9. The first kappa shape index (κ1) is 26.9. The standard InChI is InChI=1S/C30H42NO2.BrH/c1-3-4-5-6-7-9-12-24-15-17-25(18-16-24)23-31(2)27-19-20-28(31)22-29(21-27)33-30(32)26-13-10-8-11-14-26;/h8,10-11,13-18,27-29H,3-7,9,12,19-23H2,1-2H3;1H/q+1;/p-1. The molecule has 2 aromatic carbocycles. The topological polar surface area (TPSA) is 26.3 Å². The van der Waals surface area contributed by atoms with Crippen LogP contribution in [0.2, 0.25) is 0 Å². The molecule has 0 N–H and O–H groups in total. The Hall–Kier alpha value is -1.65. The summed E-state index contributed by atoms with van der Waals surface area (Å²) in [5.41, 5.74) is 3.58. The van der Waals surface area contributed by atoms with Gasteiger partial charge in [0.2, 0.25) is 0 Å². The number of aryl methyl sites for hydroxylation is 1. The number of esters is 1. The van der Waals surface area contributed by atoms with Crippen LogP contribution in [0.5, 0.6) is 0 Å². The number of carbonyl (C=O) groups is 1. The molecule has 0 aromatic heterocycles. The van der Waals surface area contributed by atoms with Gasteiger partial charge < -0.3 is 26.2 Å². The lowest BCUT2D eigenvalue weighted by molar-refractivity contribution is -0.961. The molecule has 2 fully saturated rings. The van der Waals surface area contributed by atoms with Crippen LogP contribution < -0.4 is 17.0 Å². The fourth-order valence-electron chi connectivity index (χ4n) is 6.16. The number of carbonyl (C=O) groups excluding carboxylic acids is 1. The summed E-state index contributed by atoms with van der Waals surface area (Å²) in [4.78, 5) is 12.5. The molecule has 2 aromatic rings. The van der Waals surface area contributed by atoms with E-state index in [1.165, 1.54) is 68.9 Å². The zero-order valence-electron chi connectivity index (χ0n) is 21.1. The summed E-state index contributed by atoms with van der Waals surface area (Å²) >= 11 is 0. The Morgan fingerprint density at radius 1 is 0.853 bits per heavy atom. The average Bonchev–Trinajstić information content (AvgIpc) is 2.99. The van der Waals surface area contributed by atoms with Crippen molar-refractivity contribution in [3.8, 4) is 0 Å². The molecule has 2 unspecified atom stereocenters. The van der Waals surface area contributed by atoms with Gasteiger partial charge in [-0.2, -0.15) is 0 Å². The number of fused-ring (bicyclic) bond motifs is 2. The highest BCUT2D eigenvalue weighted by molar-refractivity contribution is 5.89. The van der Waals surface area contributed by atoms with Crippen LogP contribution in [-0.2, 0) is 17.7 Å². The number of hydrogen-bond acceptors (Lipinski definition) is 2. The van der Waals surface area contributed by atoms with Gasteiger partial charge in [-0.1, -0.05) is 81.5 Å². The molecule has 2 aliphatic rings. The summed E-state index contributed by atoms with van der Waals surface area (Å²) in [5, 5.41) is 0.